The zero-order valence-electron chi connectivity index (χ0n) is 9.93. The number of hydrogen-bond acceptors (Lipinski definition) is 3. The minimum atomic E-state index is 0.0962. The summed E-state index contributed by atoms with van der Waals surface area (Å²) in [6, 6.07) is 7.52. The molecule has 0 N–H and O–H groups in total. The standard InChI is InChI=1S/C13H17NO2/c1-14(2)9-8-12(15)10-11-4-6-13(16-3)7-5-11/h4-9H,10H2,1-3H3/b9-8+. The Kier molecular flexibility index (Phi) is 4.58. The summed E-state index contributed by atoms with van der Waals surface area (Å²) in [7, 11) is 5.40. The number of ether oxygens (including phenoxy) is 1. The summed E-state index contributed by atoms with van der Waals surface area (Å²) in [6.45, 7) is 0. The number of allylic oxidation sites excluding steroid dienone is 1. The molecule has 0 saturated carbocycles. The van der Waals surface area contributed by atoms with E-state index >= 15 is 0 Å². The minimum Gasteiger partial charge on any atom is -0.497 e. The maximum Gasteiger partial charge on any atom is 0.161 e. The molecule has 0 aromatic heterocycles. The van der Waals surface area contributed by atoms with Crippen molar-refractivity contribution in [3.8, 4) is 5.75 Å². The van der Waals surface area contributed by atoms with E-state index in [1.807, 2.05) is 43.3 Å². The number of rotatable bonds is 5. The van der Waals surface area contributed by atoms with Crippen molar-refractivity contribution in [2.75, 3.05) is 21.2 Å². The van der Waals surface area contributed by atoms with Gasteiger partial charge in [0.05, 0.1) is 7.11 Å². The molecule has 0 unspecified atom stereocenters. The Morgan fingerprint density at radius 3 is 2.44 bits per heavy atom. The summed E-state index contributed by atoms with van der Waals surface area (Å²) in [4.78, 5) is 13.4. The molecule has 0 aliphatic rings. The van der Waals surface area contributed by atoms with Gasteiger partial charge >= 0.3 is 0 Å². The van der Waals surface area contributed by atoms with E-state index in [4.69, 9.17) is 4.74 Å². The molecule has 16 heavy (non-hydrogen) atoms. The van der Waals surface area contributed by atoms with Crippen molar-refractivity contribution in [3.63, 3.8) is 0 Å². The van der Waals surface area contributed by atoms with Crippen LogP contribution in [0.3, 0.4) is 0 Å². The topological polar surface area (TPSA) is 29.5 Å². The van der Waals surface area contributed by atoms with E-state index in [2.05, 4.69) is 0 Å². The quantitative estimate of drug-likeness (QED) is 0.708. The smallest absolute Gasteiger partial charge is 0.161 e. The fourth-order valence-corrected chi connectivity index (χ4v) is 1.24. The van der Waals surface area contributed by atoms with Crippen LogP contribution in [0.25, 0.3) is 0 Å². The molecule has 0 aliphatic heterocycles. The van der Waals surface area contributed by atoms with Gasteiger partial charge in [0, 0.05) is 26.7 Å². The Bertz CT molecular complexity index is 366. The van der Waals surface area contributed by atoms with E-state index in [0.29, 0.717) is 6.42 Å². The lowest BCUT2D eigenvalue weighted by molar-refractivity contribution is -0.114. The lowest BCUT2D eigenvalue weighted by Crippen LogP contribution is -2.04. The second kappa shape index (κ2) is 5.95. The van der Waals surface area contributed by atoms with Crippen LogP contribution in [0.15, 0.2) is 36.5 Å². The van der Waals surface area contributed by atoms with E-state index in [1.54, 1.807) is 19.4 Å². The zero-order chi connectivity index (χ0) is 12.0. The van der Waals surface area contributed by atoms with E-state index in [-0.39, 0.29) is 5.78 Å². The van der Waals surface area contributed by atoms with E-state index in [9.17, 15) is 4.79 Å². The Morgan fingerprint density at radius 1 is 1.31 bits per heavy atom. The lowest BCUT2D eigenvalue weighted by Gasteiger charge is -2.03. The molecule has 1 aromatic rings. The first-order valence-corrected chi connectivity index (χ1v) is 5.12. The SMILES string of the molecule is COc1ccc(CC(=O)/C=C/N(C)C)cc1. The van der Waals surface area contributed by atoms with Crippen LogP contribution in [0.2, 0.25) is 0 Å². The van der Waals surface area contributed by atoms with Crippen molar-refractivity contribution < 1.29 is 9.53 Å². The predicted octanol–water partition coefficient (Wildman–Crippen LogP) is 1.88. The largest absolute Gasteiger partial charge is 0.497 e. The Balaban J connectivity index is 2.56. The van der Waals surface area contributed by atoms with Crippen molar-refractivity contribution in [3.05, 3.63) is 42.1 Å². The molecule has 0 amide bonds. The van der Waals surface area contributed by atoms with Gasteiger partial charge in [0.15, 0.2) is 5.78 Å². The number of ketones is 1. The first-order chi connectivity index (χ1) is 7.61. The molecular formula is C13H17NO2. The highest BCUT2D eigenvalue weighted by atomic mass is 16.5. The van der Waals surface area contributed by atoms with E-state index in [0.717, 1.165) is 11.3 Å². The third kappa shape index (κ3) is 4.17. The molecule has 3 heteroatoms. The Morgan fingerprint density at radius 2 is 1.94 bits per heavy atom. The summed E-state index contributed by atoms with van der Waals surface area (Å²) < 4.78 is 5.05. The first-order valence-electron chi connectivity index (χ1n) is 5.12. The van der Waals surface area contributed by atoms with Crippen LogP contribution in [-0.4, -0.2) is 31.9 Å². The maximum absolute atomic E-state index is 11.5. The van der Waals surface area contributed by atoms with Gasteiger partial charge in [0.2, 0.25) is 0 Å². The van der Waals surface area contributed by atoms with Crippen LogP contribution in [0.5, 0.6) is 5.75 Å². The first kappa shape index (κ1) is 12.3. The average Bonchev–Trinajstić information content (AvgIpc) is 2.27. The van der Waals surface area contributed by atoms with Crippen LogP contribution in [-0.2, 0) is 11.2 Å². The molecule has 0 fully saturated rings. The molecule has 86 valence electrons. The summed E-state index contributed by atoms with van der Waals surface area (Å²) in [6.07, 6.45) is 3.77. The Hall–Kier alpha value is -1.77. The molecule has 1 aromatic carbocycles. The molecule has 0 spiro atoms. The number of carbonyl (C=O) groups excluding carboxylic acids is 1. The zero-order valence-corrected chi connectivity index (χ0v) is 9.93. The third-order valence-electron chi connectivity index (χ3n) is 2.10. The summed E-state index contributed by atoms with van der Waals surface area (Å²) in [5, 5.41) is 0. The van der Waals surface area contributed by atoms with Crippen molar-refractivity contribution in [2.24, 2.45) is 0 Å². The van der Waals surface area contributed by atoms with E-state index in [1.165, 1.54) is 0 Å². The number of methoxy groups -OCH3 is 1. The molecule has 0 saturated heterocycles. The molecule has 0 atom stereocenters. The highest BCUT2D eigenvalue weighted by Gasteiger charge is 2.00. The highest BCUT2D eigenvalue weighted by molar-refractivity contribution is 5.91. The third-order valence-corrected chi connectivity index (χ3v) is 2.10. The van der Waals surface area contributed by atoms with Gasteiger partial charge in [0.1, 0.15) is 5.75 Å². The van der Waals surface area contributed by atoms with Crippen molar-refractivity contribution in [1.29, 1.82) is 0 Å². The van der Waals surface area contributed by atoms with Crippen LogP contribution in [0.4, 0.5) is 0 Å². The van der Waals surface area contributed by atoms with Crippen molar-refractivity contribution in [2.45, 2.75) is 6.42 Å². The molecular weight excluding hydrogens is 202 g/mol. The number of hydrogen-bond donors (Lipinski definition) is 0. The monoisotopic (exact) mass is 219 g/mol. The minimum absolute atomic E-state index is 0.0962. The number of carbonyl (C=O) groups is 1. The summed E-state index contributed by atoms with van der Waals surface area (Å²) in [5.41, 5.74) is 0.995. The van der Waals surface area contributed by atoms with Gasteiger partial charge in [-0.2, -0.15) is 0 Å². The van der Waals surface area contributed by atoms with Gasteiger partial charge in [-0.3, -0.25) is 4.79 Å². The molecule has 1 rings (SSSR count). The molecule has 0 heterocycles. The molecule has 0 aliphatic carbocycles. The normalized spacial score (nSPS) is 10.4. The number of nitrogens with zero attached hydrogens (tertiary/aromatic N) is 1. The Labute approximate surface area is 96.3 Å². The van der Waals surface area contributed by atoms with Crippen LogP contribution in [0, 0.1) is 0 Å². The van der Waals surface area contributed by atoms with Crippen molar-refractivity contribution >= 4 is 5.78 Å². The molecule has 0 radical (unpaired) electrons. The summed E-state index contributed by atoms with van der Waals surface area (Å²) in [5.74, 6) is 0.902. The van der Waals surface area contributed by atoms with Crippen LogP contribution in [0.1, 0.15) is 5.56 Å². The second-order valence-electron chi connectivity index (χ2n) is 3.77. The van der Waals surface area contributed by atoms with Gasteiger partial charge in [-0.15, -0.1) is 0 Å². The fraction of sp³-hybridized carbons (Fsp3) is 0.308. The van der Waals surface area contributed by atoms with Gasteiger partial charge < -0.3 is 9.64 Å². The van der Waals surface area contributed by atoms with Crippen LogP contribution >= 0.6 is 0 Å². The van der Waals surface area contributed by atoms with Gasteiger partial charge in [-0.05, 0) is 23.8 Å². The fourth-order valence-electron chi connectivity index (χ4n) is 1.24. The summed E-state index contributed by atoms with van der Waals surface area (Å²) >= 11 is 0. The molecule has 3 nitrogen and oxygen atoms in total. The lowest BCUT2D eigenvalue weighted by atomic mass is 10.1. The predicted molar refractivity (Wildman–Crippen MR) is 64.5 cm³/mol. The number of benzene rings is 1. The average molecular weight is 219 g/mol. The van der Waals surface area contributed by atoms with E-state index < -0.39 is 0 Å². The van der Waals surface area contributed by atoms with Gasteiger partial charge in [-0.1, -0.05) is 12.1 Å². The van der Waals surface area contributed by atoms with Gasteiger partial charge in [-0.25, -0.2) is 0 Å². The van der Waals surface area contributed by atoms with Gasteiger partial charge in [0.25, 0.3) is 0 Å². The van der Waals surface area contributed by atoms with Crippen molar-refractivity contribution in [1.82, 2.24) is 4.90 Å². The molecule has 0 bridgehead atoms. The highest BCUT2D eigenvalue weighted by Crippen LogP contribution is 2.11. The van der Waals surface area contributed by atoms with Crippen LogP contribution < -0.4 is 4.74 Å². The second-order valence-corrected chi connectivity index (χ2v) is 3.77. The maximum atomic E-state index is 11.5.